The molecule has 0 aliphatic carbocycles. The van der Waals surface area contributed by atoms with Crippen molar-refractivity contribution >= 4 is 12.6 Å². The van der Waals surface area contributed by atoms with Gasteiger partial charge in [0.25, 0.3) is 0 Å². The Balaban J connectivity index is 1.91. The number of aryl methyl sites for hydroxylation is 1. The first kappa shape index (κ1) is 14.2. The normalized spacial score (nSPS) is 20.0. The highest BCUT2D eigenvalue weighted by molar-refractivity contribution is 6.62. The molecular weight excluding hydrogens is 269 g/mol. The maximum atomic E-state index is 6.02. The third-order valence-corrected chi connectivity index (χ3v) is 4.06. The van der Waals surface area contributed by atoms with Crippen molar-refractivity contribution in [2.45, 2.75) is 45.8 Å². The zero-order valence-corrected chi connectivity index (χ0v) is 12.9. The standard InChI is InChI=1S/C14H18BN3O3/c1-9-17-18-12(19-9)10-6-11(8-16-7-10)15-20-13(2,3)14(4,5)21-15/h6-8H,1-5H3. The van der Waals surface area contributed by atoms with E-state index >= 15 is 0 Å². The predicted molar refractivity (Wildman–Crippen MR) is 78.0 cm³/mol. The summed E-state index contributed by atoms with van der Waals surface area (Å²) in [5.74, 6) is 0.962. The van der Waals surface area contributed by atoms with Gasteiger partial charge in [0.1, 0.15) is 0 Å². The lowest BCUT2D eigenvalue weighted by Gasteiger charge is -2.32. The van der Waals surface area contributed by atoms with Gasteiger partial charge in [0.05, 0.1) is 16.8 Å². The minimum absolute atomic E-state index is 0.380. The predicted octanol–water partition coefficient (Wildman–Crippen LogP) is 1.74. The number of nitrogens with zero attached hydrogens (tertiary/aromatic N) is 3. The maximum Gasteiger partial charge on any atom is 0.496 e. The molecule has 0 saturated carbocycles. The Labute approximate surface area is 124 Å². The number of hydrogen-bond acceptors (Lipinski definition) is 6. The maximum absolute atomic E-state index is 6.02. The number of hydrogen-bond donors (Lipinski definition) is 0. The quantitative estimate of drug-likeness (QED) is 0.783. The SMILES string of the molecule is Cc1nnc(-c2cncc(B3OC(C)(C)C(C)(C)O3)c2)o1. The average Bonchev–Trinajstić information content (AvgIpc) is 2.92. The molecule has 1 fully saturated rings. The van der Waals surface area contributed by atoms with E-state index in [9.17, 15) is 0 Å². The van der Waals surface area contributed by atoms with Gasteiger partial charge in [-0.3, -0.25) is 4.98 Å². The van der Waals surface area contributed by atoms with E-state index in [0.29, 0.717) is 11.8 Å². The molecule has 2 aromatic heterocycles. The Morgan fingerprint density at radius 1 is 1.00 bits per heavy atom. The van der Waals surface area contributed by atoms with Crippen molar-refractivity contribution in [2.24, 2.45) is 0 Å². The van der Waals surface area contributed by atoms with Crippen molar-refractivity contribution in [1.29, 1.82) is 0 Å². The molecule has 3 rings (SSSR count). The van der Waals surface area contributed by atoms with E-state index in [1.807, 2.05) is 33.8 Å². The monoisotopic (exact) mass is 287 g/mol. The molecule has 1 aliphatic rings. The van der Waals surface area contributed by atoms with E-state index < -0.39 is 7.12 Å². The summed E-state index contributed by atoms with van der Waals surface area (Å²) in [5, 5.41) is 7.83. The van der Waals surface area contributed by atoms with Gasteiger partial charge in [-0.1, -0.05) is 0 Å². The molecule has 0 bridgehead atoms. The summed E-state index contributed by atoms with van der Waals surface area (Å²) in [4.78, 5) is 4.22. The molecule has 3 heterocycles. The van der Waals surface area contributed by atoms with Gasteiger partial charge in [0.2, 0.25) is 11.8 Å². The molecule has 7 heteroatoms. The molecule has 1 aliphatic heterocycles. The van der Waals surface area contributed by atoms with E-state index in [0.717, 1.165) is 11.0 Å². The van der Waals surface area contributed by atoms with Crippen molar-refractivity contribution in [1.82, 2.24) is 15.2 Å². The fraction of sp³-hybridized carbons (Fsp3) is 0.500. The van der Waals surface area contributed by atoms with Crippen LogP contribution in [0.2, 0.25) is 0 Å². The topological polar surface area (TPSA) is 70.3 Å². The van der Waals surface area contributed by atoms with Gasteiger partial charge in [-0.15, -0.1) is 10.2 Å². The number of rotatable bonds is 2. The van der Waals surface area contributed by atoms with Crippen molar-refractivity contribution in [3.8, 4) is 11.5 Å². The summed E-state index contributed by atoms with van der Waals surface area (Å²) in [6.07, 6.45) is 3.41. The van der Waals surface area contributed by atoms with Gasteiger partial charge in [0, 0.05) is 24.8 Å². The summed E-state index contributed by atoms with van der Waals surface area (Å²) in [7, 11) is -0.452. The Morgan fingerprint density at radius 3 is 2.24 bits per heavy atom. The third kappa shape index (κ3) is 2.47. The number of pyridine rings is 1. The summed E-state index contributed by atoms with van der Waals surface area (Å²) < 4.78 is 17.5. The van der Waals surface area contributed by atoms with Crippen LogP contribution in [0.25, 0.3) is 11.5 Å². The highest BCUT2D eigenvalue weighted by Gasteiger charge is 2.51. The molecule has 0 unspecified atom stereocenters. The van der Waals surface area contributed by atoms with Gasteiger partial charge in [-0.05, 0) is 33.8 Å². The summed E-state index contributed by atoms with van der Waals surface area (Å²) >= 11 is 0. The molecule has 2 aromatic rings. The van der Waals surface area contributed by atoms with E-state index in [4.69, 9.17) is 13.7 Å². The second-order valence-electron chi connectivity index (χ2n) is 6.22. The highest BCUT2D eigenvalue weighted by atomic mass is 16.7. The highest BCUT2D eigenvalue weighted by Crippen LogP contribution is 2.36. The van der Waals surface area contributed by atoms with E-state index in [-0.39, 0.29) is 11.2 Å². The second-order valence-corrected chi connectivity index (χ2v) is 6.22. The lowest BCUT2D eigenvalue weighted by Crippen LogP contribution is -2.41. The van der Waals surface area contributed by atoms with Crippen LogP contribution >= 0.6 is 0 Å². The molecule has 1 saturated heterocycles. The molecule has 6 nitrogen and oxygen atoms in total. The van der Waals surface area contributed by atoms with Crippen LogP contribution in [-0.4, -0.2) is 33.5 Å². The van der Waals surface area contributed by atoms with Gasteiger partial charge >= 0.3 is 7.12 Å². The fourth-order valence-electron chi connectivity index (χ4n) is 2.10. The Kier molecular flexibility index (Phi) is 3.14. The fourth-order valence-corrected chi connectivity index (χ4v) is 2.10. The zero-order chi connectivity index (χ0) is 15.3. The molecular formula is C14H18BN3O3. The Morgan fingerprint density at radius 2 is 1.67 bits per heavy atom. The van der Waals surface area contributed by atoms with Crippen LogP contribution in [0.5, 0.6) is 0 Å². The van der Waals surface area contributed by atoms with Gasteiger partial charge < -0.3 is 13.7 Å². The molecule has 21 heavy (non-hydrogen) atoms. The molecule has 0 N–H and O–H groups in total. The average molecular weight is 287 g/mol. The molecule has 110 valence electrons. The van der Waals surface area contributed by atoms with Crippen LogP contribution in [0, 0.1) is 6.92 Å². The van der Waals surface area contributed by atoms with Crippen molar-refractivity contribution in [2.75, 3.05) is 0 Å². The van der Waals surface area contributed by atoms with E-state index in [2.05, 4.69) is 15.2 Å². The number of aromatic nitrogens is 3. The van der Waals surface area contributed by atoms with Crippen LogP contribution < -0.4 is 5.46 Å². The summed E-state index contributed by atoms with van der Waals surface area (Å²) in [6.45, 7) is 9.83. The lowest BCUT2D eigenvalue weighted by atomic mass is 9.80. The lowest BCUT2D eigenvalue weighted by molar-refractivity contribution is 0.00578. The second kappa shape index (κ2) is 4.64. The van der Waals surface area contributed by atoms with Crippen molar-refractivity contribution < 1.29 is 13.7 Å². The Bertz CT molecular complexity index is 653. The molecule has 0 atom stereocenters. The summed E-state index contributed by atoms with van der Waals surface area (Å²) in [6, 6.07) is 1.90. The van der Waals surface area contributed by atoms with E-state index in [1.165, 1.54) is 0 Å². The first-order valence-electron chi connectivity index (χ1n) is 6.89. The van der Waals surface area contributed by atoms with E-state index in [1.54, 1.807) is 19.3 Å². The summed E-state index contributed by atoms with van der Waals surface area (Å²) in [5.41, 5.74) is 0.827. The van der Waals surface area contributed by atoms with Crippen LogP contribution in [-0.2, 0) is 9.31 Å². The minimum atomic E-state index is -0.452. The van der Waals surface area contributed by atoms with Crippen molar-refractivity contribution in [3.63, 3.8) is 0 Å². The van der Waals surface area contributed by atoms with Crippen molar-refractivity contribution in [3.05, 3.63) is 24.4 Å². The van der Waals surface area contributed by atoms with Gasteiger partial charge in [-0.25, -0.2) is 0 Å². The van der Waals surface area contributed by atoms with Crippen LogP contribution in [0.4, 0.5) is 0 Å². The minimum Gasteiger partial charge on any atom is -0.421 e. The van der Waals surface area contributed by atoms with Gasteiger partial charge in [-0.2, -0.15) is 0 Å². The Hall–Kier alpha value is -1.73. The molecule has 0 radical (unpaired) electrons. The van der Waals surface area contributed by atoms with Crippen LogP contribution in [0.1, 0.15) is 33.6 Å². The molecule has 0 spiro atoms. The van der Waals surface area contributed by atoms with Gasteiger partial charge in [0.15, 0.2) is 0 Å². The molecule has 0 amide bonds. The zero-order valence-electron chi connectivity index (χ0n) is 12.9. The molecule has 0 aromatic carbocycles. The largest absolute Gasteiger partial charge is 0.496 e. The first-order chi connectivity index (χ1) is 9.78. The smallest absolute Gasteiger partial charge is 0.421 e. The van der Waals surface area contributed by atoms with Crippen LogP contribution in [0.3, 0.4) is 0 Å². The third-order valence-electron chi connectivity index (χ3n) is 4.06. The first-order valence-corrected chi connectivity index (χ1v) is 6.89. The van der Waals surface area contributed by atoms with Crippen LogP contribution in [0.15, 0.2) is 22.9 Å².